The molecule has 0 heterocycles. The summed E-state index contributed by atoms with van der Waals surface area (Å²) in [6.07, 6.45) is 0. The van der Waals surface area contributed by atoms with Crippen LogP contribution in [-0.4, -0.2) is 7.11 Å². The van der Waals surface area contributed by atoms with Crippen LogP contribution in [0.1, 0.15) is 16.0 Å². The summed E-state index contributed by atoms with van der Waals surface area (Å²) in [5.74, 6) is 0.357. The van der Waals surface area contributed by atoms with Gasteiger partial charge in [-0.05, 0) is 51.8 Å². The maximum atomic E-state index is 13.5. The highest BCUT2D eigenvalue weighted by Gasteiger charge is 2.19. The standard InChI is InChI=1S/C14H9Br3ClFO/c1-20-14-11(5-9(18)6-12(14)16)13(17)7-2-8(15)4-10(19)3-7/h2-6,13H,1H3. The number of alkyl halides is 1. The monoisotopic (exact) mass is 484 g/mol. The van der Waals surface area contributed by atoms with Crippen LogP contribution in [0, 0.1) is 5.82 Å². The first-order chi connectivity index (χ1) is 9.42. The average Bonchev–Trinajstić information content (AvgIpc) is 2.35. The van der Waals surface area contributed by atoms with E-state index in [9.17, 15) is 4.39 Å². The zero-order chi connectivity index (χ0) is 14.9. The Kier molecular flexibility index (Phi) is 5.51. The summed E-state index contributed by atoms with van der Waals surface area (Å²) < 4.78 is 20.4. The fourth-order valence-corrected chi connectivity index (χ4v) is 3.97. The summed E-state index contributed by atoms with van der Waals surface area (Å²) in [4.78, 5) is -0.237. The third kappa shape index (κ3) is 3.56. The molecule has 1 nitrogen and oxygen atoms in total. The third-order valence-corrected chi connectivity index (χ3v) is 4.98. The van der Waals surface area contributed by atoms with Crippen molar-refractivity contribution in [3.05, 3.63) is 61.2 Å². The Hall–Kier alpha value is -0.100. The van der Waals surface area contributed by atoms with Gasteiger partial charge in [0.1, 0.15) is 11.6 Å². The van der Waals surface area contributed by atoms with Crippen LogP contribution in [0.5, 0.6) is 5.75 Å². The van der Waals surface area contributed by atoms with E-state index in [1.165, 1.54) is 12.1 Å². The molecular weight excluding hydrogens is 478 g/mol. The summed E-state index contributed by atoms with van der Waals surface area (Å²) in [7, 11) is 1.58. The van der Waals surface area contributed by atoms with Gasteiger partial charge >= 0.3 is 0 Å². The highest BCUT2D eigenvalue weighted by Crippen LogP contribution is 2.42. The molecule has 20 heavy (non-hydrogen) atoms. The van der Waals surface area contributed by atoms with E-state index in [4.69, 9.17) is 16.3 Å². The number of methoxy groups -OCH3 is 1. The molecular formula is C14H9Br3ClFO. The van der Waals surface area contributed by atoms with Crippen molar-refractivity contribution in [2.24, 2.45) is 0 Å². The quantitative estimate of drug-likeness (QED) is 0.450. The topological polar surface area (TPSA) is 9.23 Å². The molecule has 0 radical (unpaired) electrons. The maximum absolute atomic E-state index is 13.5. The molecule has 0 N–H and O–H groups in total. The lowest BCUT2D eigenvalue weighted by molar-refractivity contribution is 0.408. The predicted octanol–water partition coefficient (Wildman–Crippen LogP) is 6.50. The highest BCUT2D eigenvalue weighted by atomic mass is 79.9. The molecule has 1 unspecified atom stereocenters. The molecule has 0 aliphatic rings. The summed E-state index contributed by atoms with van der Waals surface area (Å²) >= 11 is 16.4. The van der Waals surface area contributed by atoms with Gasteiger partial charge in [0.25, 0.3) is 0 Å². The molecule has 106 valence electrons. The van der Waals surface area contributed by atoms with E-state index >= 15 is 0 Å². The summed E-state index contributed by atoms with van der Waals surface area (Å²) in [6.45, 7) is 0. The van der Waals surface area contributed by atoms with Crippen LogP contribution in [-0.2, 0) is 0 Å². The van der Waals surface area contributed by atoms with E-state index in [2.05, 4.69) is 47.8 Å². The van der Waals surface area contributed by atoms with Crippen LogP contribution >= 0.6 is 59.4 Å². The third-order valence-electron chi connectivity index (χ3n) is 2.69. The van der Waals surface area contributed by atoms with E-state index < -0.39 is 0 Å². The van der Waals surface area contributed by atoms with E-state index in [1.807, 2.05) is 6.07 Å². The highest BCUT2D eigenvalue weighted by molar-refractivity contribution is 9.11. The lowest BCUT2D eigenvalue weighted by atomic mass is 10.0. The smallest absolute Gasteiger partial charge is 0.137 e. The van der Waals surface area contributed by atoms with Crippen molar-refractivity contribution >= 4 is 59.4 Å². The van der Waals surface area contributed by atoms with E-state index in [0.717, 1.165) is 15.6 Å². The van der Waals surface area contributed by atoms with Gasteiger partial charge in [0.2, 0.25) is 0 Å². The predicted molar refractivity (Wildman–Crippen MR) is 90.6 cm³/mol. The SMILES string of the molecule is COc1c(Br)cc(Cl)cc1C(Br)c1cc(F)cc(Br)c1. The molecule has 0 saturated carbocycles. The minimum Gasteiger partial charge on any atom is -0.495 e. The fraction of sp³-hybridized carbons (Fsp3) is 0.143. The first kappa shape index (κ1) is 16.3. The second kappa shape index (κ2) is 6.77. The average molecular weight is 487 g/mol. The zero-order valence-corrected chi connectivity index (χ0v) is 15.8. The van der Waals surface area contributed by atoms with E-state index in [-0.39, 0.29) is 10.6 Å². The lowest BCUT2D eigenvalue weighted by Crippen LogP contribution is -1.99. The van der Waals surface area contributed by atoms with Gasteiger partial charge < -0.3 is 4.74 Å². The Bertz CT molecular complexity index is 628. The van der Waals surface area contributed by atoms with Crippen molar-refractivity contribution in [1.82, 2.24) is 0 Å². The van der Waals surface area contributed by atoms with Gasteiger partial charge in [-0.1, -0.05) is 43.5 Å². The summed E-state index contributed by atoms with van der Waals surface area (Å²) in [5.41, 5.74) is 1.59. The van der Waals surface area contributed by atoms with Crippen molar-refractivity contribution in [3.63, 3.8) is 0 Å². The number of ether oxygens (including phenoxy) is 1. The van der Waals surface area contributed by atoms with Gasteiger partial charge in [-0.25, -0.2) is 4.39 Å². The molecule has 2 aromatic rings. The molecule has 6 heteroatoms. The van der Waals surface area contributed by atoms with E-state index in [0.29, 0.717) is 15.2 Å². The van der Waals surface area contributed by atoms with Gasteiger partial charge in [-0.2, -0.15) is 0 Å². The molecule has 0 aliphatic carbocycles. The largest absolute Gasteiger partial charge is 0.495 e. The minimum atomic E-state index is -0.307. The van der Waals surface area contributed by atoms with Crippen LogP contribution in [0.25, 0.3) is 0 Å². The van der Waals surface area contributed by atoms with Crippen molar-refractivity contribution < 1.29 is 9.13 Å². The Morgan fingerprint density at radius 2 is 1.85 bits per heavy atom. The van der Waals surface area contributed by atoms with Crippen LogP contribution in [0.3, 0.4) is 0 Å². The molecule has 0 bridgehead atoms. The molecule has 0 aromatic heterocycles. The molecule has 0 aliphatic heterocycles. The number of halogens is 5. The Labute approximate surface area is 146 Å². The molecule has 2 aromatic carbocycles. The van der Waals surface area contributed by atoms with Crippen molar-refractivity contribution in [2.75, 3.05) is 7.11 Å². The maximum Gasteiger partial charge on any atom is 0.137 e. The van der Waals surface area contributed by atoms with E-state index in [1.54, 1.807) is 19.2 Å². The number of hydrogen-bond acceptors (Lipinski definition) is 1. The second-order valence-electron chi connectivity index (χ2n) is 4.08. The molecule has 1 atom stereocenters. The molecule has 0 saturated heterocycles. The van der Waals surface area contributed by atoms with Crippen molar-refractivity contribution in [2.45, 2.75) is 4.83 Å². The Morgan fingerprint density at radius 1 is 1.15 bits per heavy atom. The minimum absolute atomic E-state index is 0.237. The normalized spacial score (nSPS) is 12.3. The molecule has 0 spiro atoms. The molecule has 2 rings (SSSR count). The zero-order valence-electron chi connectivity index (χ0n) is 10.3. The van der Waals surface area contributed by atoms with Crippen molar-refractivity contribution in [3.8, 4) is 5.75 Å². The first-order valence-electron chi connectivity index (χ1n) is 5.55. The summed E-state index contributed by atoms with van der Waals surface area (Å²) in [5, 5.41) is 0.576. The summed E-state index contributed by atoms with van der Waals surface area (Å²) in [6, 6.07) is 8.28. The Morgan fingerprint density at radius 3 is 2.45 bits per heavy atom. The fourth-order valence-electron chi connectivity index (χ4n) is 1.88. The van der Waals surface area contributed by atoms with Crippen LogP contribution in [0.2, 0.25) is 5.02 Å². The van der Waals surface area contributed by atoms with Gasteiger partial charge in [-0.15, -0.1) is 0 Å². The number of benzene rings is 2. The lowest BCUT2D eigenvalue weighted by Gasteiger charge is -2.17. The van der Waals surface area contributed by atoms with Crippen LogP contribution in [0.15, 0.2) is 39.3 Å². The van der Waals surface area contributed by atoms with Crippen LogP contribution < -0.4 is 4.74 Å². The van der Waals surface area contributed by atoms with Crippen molar-refractivity contribution in [1.29, 1.82) is 0 Å². The molecule has 0 fully saturated rings. The van der Waals surface area contributed by atoms with Gasteiger partial charge in [0.15, 0.2) is 0 Å². The first-order valence-corrected chi connectivity index (χ1v) is 8.43. The second-order valence-corrected chi connectivity index (χ2v) is 7.20. The van der Waals surface area contributed by atoms with Gasteiger partial charge in [0.05, 0.1) is 16.4 Å². The van der Waals surface area contributed by atoms with Gasteiger partial charge in [0, 0.05) is 15.1 Å². The Balaban J connectivity index is 2.55. The number of rotatable bonds is 3. The number of hydrogen-bond donors (Lipinski definition) is 0. The molecule has 0 amide bonds. The van der Waals surface area contributed by atoms with Gasteiger partial charge in [-0.3, -0.25) is 0 Å². The van der Waals surface area contributed by atoms with Crippen LogP contribution in [0.4, 0.5) is 4.39 Å².